The van der Waals surface area contributed by atoms with Crippen LogP contribution in [0.15, 0.2) is 41.0 Å². The van der Waals surface area contributed by atoms with Crippen molar-refractivity contribution in [3.63, 3.8) is 0 Å². The SMILES string of the molecule is Cc1ccoc1C(=O)Nc1cccc(C#CCCO)c1. The third-order valence-electron chi connectivity index (χ3n) is 2.66. The van der Waals surface area contributed by atoms with Crippen molar-refractivity contribution < 1.29 is 14.3 Å². The van der Waals surface area contributed by atoms with Crippen LogP contribution in [0.25, 0.3) is 0 Å². The fourth-order valence-corrected chi connectivity index (χ4v) is 1.69. The third kappa shape index (κ3) is 3.50. The largest absolute Gasteiger partial charge is 0.459 e. The molecule has 1 heterocycles. The fourth-order valence-electron chi connectivity index (χ4n) is 1.69. The molecule has 102 valence electrons. The highest BCUT2D eigenvalue weighted by atomic mass is 16.3. The molecule has 0 atom stereocenters. The normalized spacial score (nSPS) is 9.70. The molecule has 2 N–H and O–H groups in total. The Morgan fingerprint density at radius 2 is 2.25 bits per heavy atom. The van der Waals surface area contributed by atoms with Gasteiger partial charge in [0.15, 0.2) is 5.76 Å². The zero-order valence-electron chi connectivity index (χ0n) is 11.1. The number of aliphatic hydroxyl groups excluding tert-OH is 1. The molecule has 0 spiro atoms. The van der Waals surface area contributed by atoms with Gasteiger partial charge in [-0.3, -0.25) is 4.79 Å². The maximum Gasteiger partial charge on any atom is 0.291 e. The van der Waals surface area contributed by atoms with Crippen LogP contribution in [0.3, 0.4) is 0 Å². The standard InChI is InChI=1S/C16H15NO3/c1-12-8-10-20-15(12)16(19)17-14-7-4-6-13(11-14)5-2-3-9-18/h4,6-8,10-11,18H,3,9H2,1H3,(H,17,19). The maximum atomic E-state index is 12.0. The first-order valence-corrected chi connectivity index (χ1v) is 6.26. The zero-order valence-corrected chi connectivity index (χ0v) is 11.1. The van der Waals surface area contributed by atoms with Crippen LogP contribution in [0.5, 0.6) is 0 Å². The summed E-state index contributed by atoms with van der Waals surface area (Å²) in [4.78, 5) is 12.0. The Balaban J connectivity index is 2.11. The Morgan fingerprint density at radius 3 is 2.95 bits per heavy atom. The second-order valence-corrected chi connectivity index (χ2v) is 4.24. The van der Waals surface area contributed by atoms with Crippen molar-refractivity contribution >= 4 is 11.6 Å². The Bertz CT molecular complexity index is 662. The Hall–Kier alpha value is -2.51. The molecular weight excluding hydrogens is 254 g/mol. The number of aliphatic hydroxyl groups is 1. The van der Waals surface area contributed by atoms with Crippen LogP contribution in [0, 0.1) is 18.8 Å². The van der Waals surface area contributed by atoms with Gasteiger partial charge in [0.1, 0.15) is 0 Å². The van der Waals surface area contributed by atoms with Gasteiger partial charge in [-0.1, -0.05) is 17.9 Å². The summed E-state index contributed by atoms with van der Waals surface area (Å²) in [5, 5.41) is 11.4. The highest BCUT2D eigenvalue weighted by Crippen LogP contribution is 2.14. The smallest absolute Gasteiger partial charge is 0.291 e. The average molecular weight is 269 g/mol. The molecule has 2 rings (SSSR count). The number of amides is 1. The monoisotopic (exact) mass is 269 g/mol. The summed E-state index contributed by atoms with van der Waals surface area (Å²) in [7, 11) is 0. The van der Waals surface area contributed by atoms with Crippen LogP contribution in [-0.2, 0) is 0 Å². The lowest BCUT2D eigenvalue weighted by molar-refractivity contribution is 0.0996. The number of hydrogen-bond acceptors (Lipinski definition) is 3. The van der Waals surface area contributed by atoms with Crippen molar-refractivity contribution in [3.8, 4) is 11.8 Å². The third-order valence-corrected chi connectivity index (χ3v) is 2.66. The van der Waals surface area contributed by atoms with Gasteiger partial charge in [-0.15, -0.1) is 0 Å². The zero-order chi connectivity index (χ0) is 14.4. The van der Waals surface area contributed by atoms with E-state index >= 15 is 0 Å². The van der Waals surface area contributed by atoms with Gasteiger partial charge in [-0.2, -0.15) is 0 Å². The first kappa shape index (κ1) is 13.9. The Morgan fingerprint density at radius 1 is 1.40 bits per heavy atom. The molecule has 4 nitrogen and oxygen atoms in total. The molecule has 2 aromatic rings. The lowest BCUT2D eigenvalue weighted by Gasteiger charge is -2.04. The fraction of sp³-hybridized carbons (Fsp3) is 0.188. The number of aryl methyl sites for hydroxylation is 1. The minimum absolute atomic E-state index is 0.0429. The van der Waals surface area contributed by atoms with Gasteiger partial charge in [-0.05, 0) is 31.2 Å². The number of carbonyl (C=O) groups excluding carboxylic acids is 1. The van der Waals surface area contributed by atoms with Crippen LogP contribution in [0.1, 0.15) is 28.1 Å². The van der Waals surface area contributed by atoms with E-state index in [-0.39, 0.29) is 12.5 Å². The van der Waals surface area contributed by atoms with E-state index in [9.17, 15) is 4.79 Å². The summed E-state index contributed by atoms with van der Waals surface area (Å²) < 4.78 is 5.14. The van der Waals surface area contributed by atoms with Gasteiger partial charge in [0.05, 0.1) is 12.9 Å². The molecule has 0 unspecified atom stereocenters. The molecule has 0 aliphatic heterocycles. The molecule has 0 fully saturated rings. The summed E-state index contributed by atoms with van der Waals surface area (Å²) in [6.07, 6.45) is 1.92. The molecule has 0 saturated heterocycles. The molecule has 0 aliphatic rings. The number of nitrogens with one attached hydrogen (secondary N) is 1. The molecule has 0 saturated carbocycles. The summed E-state index contributed by atoms with van der Waals surface area (Å²) in [6.45, 7) is 1.86. The van der Waals surface area contributed by atoms with Crippen LogP contribution in [-0.4, -0.2) is 17.6 Å². The maximum absolute atomic E-state index is 12.0. The Kier molecular flexibility index (Phi) is 4.59. The summed E-state index contributed by atoms with van der Waals surface area (Å²) in [6, 6.07) is 8.96. The second-order valence-electron chi connectivity index (χ2n) is 4.24. The predicted molar refractivity (Wildman–Crippen MR) is 76.4 cm³/mol. The molecule has 4 heteroatoms. The lowest BCUT2D eigenvalue weighted by Crippen LogP contribution is -2.12. The highest BCUT2D eigenvalue weighted by Gasteiger charge is 2.12. The van der Waals surface area contributed by atoms with E-state index in [1.54, 1.807) is 18.2 Å². The number of carbonyl (C=O) groups is 1. The van der Waals surface area contributed by atoms with E-state index < -0.39 is 0 Å². The first-order valence-electron chi connectivity index (χ1n) is 6.26. The molecule has 0 radical (unpaired) electrons. The van der Waals surface area contributed by atoms with Crippen molar-refractivity contribution in [2.24, 2.45) is 0 Å². The molecule has 0 bridgehead atoms. The minimum Gasteiger partial charge on any atom is -0.459 e. The van der Waals surface area contributed by atoms with E-state index in [1.807, 2.05) is 19.1 Å². The van der Waals surface area contributed by atoms with Crippen molar-refractivity contribution in [1.82, 2.24) is 0 Å². The lowest BCUT2D eigenvalue weighted by atomic mass is 10.2. The van der Waals surface area contributed by atoms with E-state index in [4.69, 9.17) is 9.52 Å². The van der Waals surface area contributed by atoms with E-state index in [1.165, 1.54) is 6.26 Å². The molecule has 1 aromatic heterocycles. The van der Waals surface area contributed by atoms with Crippen molar-refractivity contribution in [1.29, 1.82) is 0 Å². The highest BCUT2D eigenvalue weighted by molar-refractivity contribution is 6.03. The quantitative estimate of drug-likeness (QED) is 0.842. The summed E-state index contributed by atoms with van der Waals surface area (Å²) >= 11 is 0. The molecule has 0 aliphatic carbocycles. The topological polar surface area (TPSA) is 62.5 Å². The van der Waals surface area contributed by atoms with Crippen molar-refractivity contribution in [2.75, 3.05) is 11.9 Å². The minimum atomic E-state index is -0.284. The van der Waals surface area contributed by atoms with Crippen LogP contribution >= 0.6 is 0 Å². The van der Waals surface area contributed by atoms with Gasteiger partial charge >= 0.3 is 0 Å². The molecule has 20 heavy (non-hydrogen) atoms. The number of furan rings is 1. The average Bonchev–Trinajstić information content (AvgIpc) is 2.86. The first-order chi connectivity index (χ1) is 9.70. The number of hydrogen-bond donors (Lipinski definition) is 2. The van der Waals surface area contributed by atoms with Gasteiger partial charge < -0.3 is 14.8 Å². The predicted octanol–water partition coefficient (Wildman–Crippen LogP) is 2.57. The molecule has 1 aromatic carbocycles. The molecule has 1 amide bonds. The van der Waals surface area contributed by atoms with E-state index in [2.05, 4.69) is 17.2 Å². The van der Waals surface area contributed by atoms with Gasteiger partial charge in [-0.25, -0.2) is 0 Å². The Labute approximate surface area is 117 Å². The van der Waals surface area contributed by atoms with Crippen LogP contribution < -0.4 is 5.32 Å². The van der Waals surface area contributed by atoms with Gasteiger partial charge in [0.25, 0.3) is 5.91 Å². The van der Waals surface area contributed by atoms with Crippen molar-refractivity contribution in [3.05, 3.63) is 53.5 Å². The molecular formula is C16H15NO3. The van der Waals surface area contributed by atoms with Gasteiger partial charge in [0, 0.05) is 23.2 Å². The number of anilines is 1. The van der Waals surface area contributed by atoms with Crippen LogP contribution in [0.2, 0.25) is 0 Å². The van der Waals surface area contributed by atoms with E-state index in [0.29, 0.717) is 17.9 Å². The number of benzene rings is 1. The summed E-state index contributed by atoms with van der Waals surface area (Å²) in [5.74, 6) is 5.78. The van der Waals surface area contributed by atoms with Gasteiger partial charge in [0.2, 0.25) is 0 Å². The second kappa shape index (κ2) is 6.60. The number of rotatable bonds is 3. The van der Waals surface area contributed by atoms with E-state index in [0.717, 1.165) is 11.1 Å². The van der Waals surface area contributed by atoms with Crippen LogP contribution in [0.4, 0.5) is 5.69 Å². The van der Waals surface area contributed by atoms with Crippen molar-refractivity contribution in [2.45, 2.75) is 13.3 Å². The summed E-state index contributed by atoms with van der Waals surface area (Å²) in [5.41, 5.74) is 2.23.